The van der Waals surface area contributed by atoms with Crippen LogP contribution in [0, 0.1) is 5.92 Å². The molecule has 11 nitrogen and oxygen atoms in total. The van der Waals surface area contributed by atoms with Crippen LogP contribution < -0.4 is 15.6 Å². The van der Waals surface area contributed by atoms with E-state index in [1.807, 2.05) is 30.3 Å². The van der Waals surface area contributed by atoms with Gasteiger partial charge in [-0.25, -0.2) is 9.67 Å². The highest BCUT2D eigenvalue weighted by molar-refractivity contribution is 6.39. The van der Waals surface area contributed by atoms with Crippen LogP contribution in [0.15, 0.2) is 65.6 Å². The van der Waals surface area contributed by atoms with E-state index in [0.717, 1.165) is 10.2 Å². The van der Waals surface area contributed by atoms with Crippen molar-refractivity contribution in [2.24, 2.45) is 13.0 Å². The summed E-state index contributed by atoms with van der Waals surface area (Å²) in [6.07, 6.45) is 1.37. The van der Waals surface area contributed by atoms with E-state index in [-0.39, 0.29) is 28.5 Å². The highest BCUT2D eigenvalue weighted by Gasteiger charge is 2.39. The Labute approximate surface area is 276 Å². The molecule has 1 unspecified atom stereocenters. The van der Waals surface area contributed by atoms with Crippen LogP contribution in [0.3, 0.4) is 0 Å². The summed E-state index contributed by atoms with van der Waals surface area (Å²) in [7, 11) is 4.64. The molecule has 1 fully saturated rings. The minimum atomic E-state index is -0.611. The number of halogens is 2. The van der Waals surface area contributed by atoms with Crippen molar-refractivity contribution >= 4 is 40.8 Å². The molecule has 1 aliphatic rings. The van der Waals surface area contributed by atoms with Gasteiger partial charge in [-0.3, -0.25) is 19.3 Å². The van der Waals surface area contributed by atoms with Gasteiger partial charge in [-0.05, 0) is 31.2 Å². The Hall–Kier alpha value is -4.29. The van der Waals surface area contributed by atoms with Gasteiger partial charge < -0.3 is 19.5 Å². The van der Waals surface area contributed by atoms with E-state index in [0.29, 0.717) is 65.3 Å². The zero-order valence-corrected chi connectivity index (χ0v) is 27.3. The maximum absolute atomic E-state index is 12.9. The number of ether oxygens (including phenoxy) is 3. The Balaban J connectivity index is 1.43. The lowest BCUT2D eigenvalue weighted by Gasteiger charge is -2.43. The van der Waals surface area contributed by atoms with Gasteiger partial charge in [-0.2, -0.15) is 5.10 Å². The van der Waals surface area contributed by atoms with E-state index in [1.165, 1.54) is 19.3 Å². The summed E-state index contributed by atoms with van der Waals surface area (Å²) in [5.74, 6) is -0.580. The van der Waals surface area contributed by atoms with Crippen molar-refractivity contribution in [1.29, 1.82) is 0 Å². The van der Waals surface area contributed by atoms with Crippen LogP contribution >= 0.6 is 23.2 Å². The number of nitrogens with zero attached hydrogens (tertiary/aromatic N) is 4. The smallest absolute Gasteiger partial charge is 0.311 e. The summed E-state index contributed by atoms with van der Waals surface area (Å²) >= 11 is 13.8. The number of anilines is 1. The van der Waals surface area contributed by atoms with Crippen molar-refractivity contribution in [3.63, 3.8) is 0 Å². The first-order valence-electron chi connectivity index (χ1n) is 14.5. The van der Waals surface area contributed by atoms with E-state index in [2.05, 4.69) is 15.3 Å². The second-order valence-corrected chi connectivity index (χ2v) is 11.4. The number of aromatic nitrogens is 3. The van der Waals surface area contributed by atoms with Crippen LogP contribution in [0.4, 0.5) is 5.69 Å². The van der Waals surface area contributed by atoms with Gasteiger partial charge in [0.25, 0.3) is 11.5 Å². The number of hydrogen-bond acceptors (Lipinski definition) is 9. The molecule has 2 aromatic heterocycles. The molecule has 1 N–H and O–H groups in total. The quantitative estimate of drug-likeness (QED) is 0.214. The number of nitrogens with one attached hydrogen (secondary N) is 1. The Morgan fingerprint density at radius 3 is 2.39 bits per heavy atom. The van der Waals surface area contributed by atoms with Crippen LogP contribution in [0.2, 0.25) is 10.0 Å². The largest absolute Gasteiger partial charge is 0.481 e. The Morgan fingerprint density at radius 1 is 1.00 bits per heavy atom. The van der Waals surface area contributed by atoms with Crippen molar-refractivity contribution in [3.8, 4) is 28.3 Å². The lowest BCUT2D eigenvalue weighted by Crippen LogP contribution is -2.53. The first-order valence-corrected chi connectivity index (χ1v) is 15.3. The zero-order valence-electron chi connectivity index (χ0n) is 25.8. The molecule has 1 atom stereocenters. The number of carbonyl (C=O) groups is 2. The maximum atomic E-state index is 12.9. The normalized spacial score (nSPS) is 14.0. The SMILES string of the molecule is CCOC(=O)C1CN(C(COC)c2ccc(-c3cccc(-c4cccc(NC(=O)c5ccnn(C)c5=O)c4Cl)c3Cl)nc2OC)C1. The van der Waals surface area contributed by atoms with E-state index in [9.17, 15) is 14.4 Å². The zero-order chi connectivity index (χ0) is 33.0. The Bertz CT molecular complexity index is 1820. The topological polar surface area (TPSA) is 125 Å². The van der Waals surface area contributed by atoms with Crippen LogP contribution in [-0.4, -0.2) is 72.1 Å². The number of rotatable bonds is 11. The molecule has 1 amide bonds. The first kappa shape index (κ1) is 33.1. The van der Waals surface area contributed by atoms with E-state index >= 15 is 0 Å². The number of esters is 1. The lowest BCUT2D eigenvalue weighted by atomic mass is 9.94. The number of amides is 1. The summed E-state index contributed by atoms with van der Waals surface area (Å²) in [5.41, 5.74) is 2.95. The van der Waals surface area contributed by atoms with Crippen molar-refractivity contribution in [3.05, 3.63) is 92.3 Å². The van der Waals surface area contributed by atoms with Crippen molar-refractivity contribution in [2.75, 3.05) is 45.8 Å². The van der Waals surface area contributed by atoms with Gasteiger partial charge >= 0.3 is 5.97 Å². The molecule has 240 valence electrons. The molecule has 0 aliphatic carbocycles. The molecule has 3 heterocycles. The number of likely N-dealkylation sites (tertiary alicyclic amines) is 1. The fraction of sp³-hybridized carbons (Fsp3) is 0.303. The van der Waals surface area contributed by atoms with Crippen LogP contribution in [0.1, 0.15) is 28.9 Å². The second-order valence-electron chi connectivity index (χ2n) is 10.6. The number of methoxy groups -OCH3 is 2. The number of benzene rings is 2. The average Bonchev–Trinajstić information content (AvgIpc) is 3.02. The van der Waals surface area contributed by atoms with Gasteiger partial charge in [-0.1, -0.05) is 53.5 Å². The monoisotopic (exact) mass is 665 g/mol. The Kier molecular flexibility index (Phi) is 10.4. The van der Waals surface area contributed by atoms with E-state index < -0.39 is 11.5 Å². The number of carbonyl (C=O) groups excluding carboxylic acids is 2. The first-order chi connectivity index (χ1) is 22.2. The molecular weight excluding hydrogens is 633 g/mol. The molecule has 0 spiro atoms. The highest BCUT2D eigenvalue weighted by atomic mass is 35.5. The van der Waals surface area contributed by atoms with E-state index in [1.54, 1.807) is 39.3 Å². The van der Waals surface area contributed by atoms with Crippen molar-refractivity contribution in [2.45, 2.75) is 13.0 Å². The van der Waals surface area contributed by atoms with Crippen molar-refractivity contribution in [1.82, 2.24) is 19.7 Å². The molecular formula is C33H33Cl2N5O6. The third-order valence-electron chi connectivity index (χ3n) is 7.80. The number of aryl methyl sites for hydroxylation is 1. The molecule has 5 rings (SSSR count). The van der Waals surface area contributed by atoms with Crippen molar-refractivity contribution < 1.29 is 23.8 Å². The molecule has 0 bridgehead atoms. The molecule has 0 radical (unpaired) electrons. The minimum Gasteiger partial charge on any atom is -0.481 e. The fourth-order valence-corrected chi connectivity index (χ4v) is 5.99. The number of pyridine rings is 1. The summed E-state index contributed by atoms with van der Waals surface area (Å²) in [5, 5.41) is 7.22. The summed E-state index contributed by atoms with van der Waals surface area (Å²) in [6.45, 7) is 3.62. The molecule has 1 saturated heterocycles. The summed E-state index contributed by atoms with van der Waals surface area (Å²) in [6, 6.07) is 15.6. The third-order valence-corrected chi connectivity index (χ3v) is 8.61. The predicted octanol–water partition coefficient (Wildman–Crippen LogP) is 5.26. The third kappa shape index (κ3) is 6.63. The maximum Gasteiger partial charge on any atom is 0.311 e. The summed E-state index contributed by atoms with van der Waals surface area (Å²) in [4.78, 5) is 44.4. The van der Waals surface area contributed by atoms with Gasteiger partial charge in [0.05, 0.1) is 53.7 Å². The van der Waals surface area contributed by atoms with Gasteiger partial charge in [0.1, 0.15) is 5.56 Å². The molecule has 1 aliphatic heterocycles. The standard InChI is InChI=1S/C33H33Cl2N5O6/c1-5-46-33(43)19-16-40(17-19)27(18-44-3)23-12-13-25(38-31(23)45-4)22-10-6-8-20(28(22)34)21-9-7-11-26(29(21)35)37-30(41)24-14-15-36-39(2)32(24)42/h6-15,19,27H,5,16-18H2,1-4H3,(H,37,41). The van der Waals surface area contributed by atoms with Gasteiger partial charge in [0.2, 0.25) is 5.88 Å². The molecule has 0 saturated carbocycles. The van der Waals surface area contributed by atoms with Crippen LogP contribution in [-0.2, 0) is 21.3 Å². The number of hydrogen-bond donors (Lipinski definition) is 1. The minimum absolute atomic E-state index is 0.0665. The van der Waals surface area contributed by atoms with Gasteiger partial charge in [-0.15, -0.1) is 0 Å². The highest BCUT2D eigenvalue weighted by Crippen LogP contribution is 2.42. The van der Waals surface area contributed by atoms with Crippen LogP contribution in [0.25, 0.3) is 22.4 Å². The van der Waals surface area contributed by atoms with Gasteiger partial charge in [0.15, 0.2) is 0 Å². The van der Waals surface area contributed by atoms with Crippen LogP contribution in [0.5, 0.6) is 5.88 Å². The van der Waals surface area contributed by atoms with Gasteiger partial charge in [0, 0.05) is 55.7 Å². The van der Waals surface area contributed by atoms with E-state index in [4.69, 9.17) is 42.4 Å². The predicted molar refractivity (Wildman–Crippen MR) is 175 cm³/mol. The average molecular weight is 667 g/mol. The molecule has 4 aromatic rings. The molecule has 46 heavy (non-hydrogen) atoms. The molecule has 2 aromatic carbocycles. The summed E-state index contributed by atoms with van der Waals surface area (Å²) < 4.78 is 17.5. The Morgan fingerprint density at radius 2 is 1.70 bits per heavy atom. The second kappa shape index (κ2) is 14.4. The lowest BCUT2D eigenvalue weighted by molar-refractivity contribution is -0.155. The fourth-order valence-electron chi connectivity index (χ4n) is 5.39. The molecule has 13 heteroatoms.